The van der Waals surface area contributed by atoms with Crippen molar-refractivity contribution in [2.75, 3.05) is 0 Å². The monoisotopic (exact) mass is 646 g/mol. The van der Waals surface area contributed by atoms with Gasteiger partial charge in [0, 0.05) is 11.1 Å². The maximum atomic E-state index is 4.74. The van der Waals surface area contributed by atoms with Crippen molar-refractivity contribution in [3.8, 4) is 55.9 Å². The zero-order valence-corrected chi connectivity index (χ0v) is 27.7. The van der Waals surface area contributed by atoms with Crippen molar-refractivity contribution in [2.45, 2.75) is 5.41 Å². The lowest BCUT2D eigenvalue weighted by Crippen LogP contribution is -2.26. The van der Waals surface area contributed by atoms with Crippen molar-refractivity contribution >= 4 is 21.5 Å². The Morgan fingerprint density at radius 2 is 0.843 bits per heavy atom. The first-order valence-electron chi connectivity index (χ1n) is 17.6. The third-order valence-electron chi connectivity index (χ3n) is 11.2. The van der Waals surface area contributed by atoms with Gasteiger partial charge in [-0.05, 0) is 83.2 Å². The molecule has 2 heteroatoms. The van der Waals surface area contributed by atoms with Gasteiger partial charge in [-0.2, -0.15) is 0 Å². The number of rotatable bonds is 3. The average Bonchev–Trinajstić information content (AvgIpc) is 3.69. The quantitative estimate of drug-likeness (QED) is 0.191. The van der Waals surface area contributed by atoms with Crippen molar-refractivity contribution in [3.05, 3.63) is 205 Å². The third-order valence-corrected chi connectivity index (χ3v) is 11.2. The van der Waals surface area contributed by atoms with E-state index in [4.69, 9.17) is 9.97 Å². The molecule has 9 aromatic rings. The highest BCUT2D eigenvalue weighted by atomic mass is 14.8. The van der Waals surface area contributed by atoms with E-state index in [0.717, 1.165) is 22.5 Å². The summed E-state index contributed by atoms with van der Waals surface area (Å²) in [6, 6.07) is 62.3. The molecule has 236 valence electrons. The van der Waals surface area contributed by atoms with Crippen LogP contribution in [-0.4, -0.2) is 9.97 Å². The van der Waals surface area contributed by atoms with E-state index < -0.39 is 5.41 Å². The maximum Gasteiger partial charge on any atom is 0.0885 e. The fourth-order valence-electron chi connectivity index (χ4n) is 9.01. The average molecular weight is 647 g/mol. The maximum absolute atomic E-state index is 4.74. The molecule has 51 heavy (non-hydrogen) atoms. The number of hydrogen-bond acceptors (Lipinski definition) is 2. The second-order valence-electron chi connectivity index (χ2n) is 13.7. The van der Waals surface area contributed by atoms with E-state index in [2.05, 4.69) is 152 Å². The van der Waals surface area contributed by atoms with Crippen LogP contribution in [0.15, 0.2) is 182 Å². The highest BCUT2D eigenvalue weighted by Gasteiger charge is 2.53. The molecule has 8 aromatic carbocycles. The van der Waals surface area contributed by atoms with E-state index in [1.807, 2.05) is 30.6 Å². The third kappa shape index (κ3) is 3.93. The van der Waals surface area contributed by atoms with Gasteiger partial charge in [-0.15, -0.1) is 0 Å². The fourth-order valence-corrected chi connectivity index (χ4v) is 9.01. The molecule has 2 nitrogen and oxygen atoms in total. The molecule has 0 radical (unpaired) electrons. The van der Waals surface area contributed by atoms with Crippen molar-refractivity contribution in [1.82, 2.24) is 9.97 Å². The van der Waals surface area contributed by atoms with E-state index in [1.54, 1.807) is 0 Å². The van der Waals surface area contributed by atoms with Crippen molar-refractivity contribution in [1.29, 1.82) is 0 Å². The highest BCUT2D eigenvalue weighted by Crippen LogP contribution is 2.65. The summed E-state index contributed by atoms with van der Waals surface area (Å²) in [5, 5.41) is 5.14. The Morgan fingerprint density at radius 1 is 0.333 bits per heavy atom. The van der Waals surface area contributed by atoms with Gasteiger partial charge in [-0.25, -0.2) is 0 Å². The lowest BCUT2D eigenvalue weighted by Gasteiger charge is -2.32. The molecule has 0 saturated heterocycles. The van der Waals surface area contributed by atoms with Gasteiger partial charge in [0.25, 0.3) is 0 Å². The Hall–Kier alpha value is -6.64. The van der Waals surface area contributed by atoms with Gasteiger partial charge in [-0.3, -0.25) is 9.97 Å². The summed E-state index contributed by atoms with van der Waals surface area (Å²) in [6.45, 7) is 0. The van der Waals surface area contributed by atoms with Gasteiger partial charge in [0.2, 0.25) is 0 Å². The van der Waals surface area contributed by atoms with Crippen LogP contribution in [-0.2, 0) is 5.41 Å². The SMILES string of the molecule is c1ccc(-c2cnc(-c3ccc(-c4ccc5c6c(ccc5c4)-c4ccc5ccccc5c4C64c5ccccc5-c5ccccc54)cc3)cn2)cc1. The lowest BCUT2D eigenvalue weighted by molar-refractivity contribution is 0.809. The van der Waals surface area contributed by atoms with E-state index in [9.17, 15) is 0 Å². The molecule has 0 saturated carbocycles. The second kappa shape index (κ2) is 10.7. The van der Waals surface area contributed by atoms with Crippen LogP contribution in [0.1, 0.15) is 22.3 Å². The van der Waals surface area contributed by atoms with E-state index in [0.29, 0.717) is 0 Å². The van der Waals surface area contributed by atoms with Gasteiger partial charge >= 0.3 is 0 Å². The lowest BCUT2D eigenvalue weighted by atomic mass is 9.68. The molecule has 1 spiro atoms. The molecule has 0 atom stereocenters. The minimum atomic E-state index is -0.418. The van der Waals surface area contributed by atoms with Gasteiger partial charge in [0.05, 0.1) is 29.2 Å². The van der Waals surface area contributed by atoms with E-state index in [-0.39, 0.29) is 0 Å². The summed E-state index contributed by atoms with van der Waals surface area (Å²) in [5.74, 6) is 0. The fraction of sp³-hybridized carbons (Fsp3) is 0.0204. The summed E-state index contributed by atoms with van der Waals surface area (Å²) < 4.78 is 0. The summed E-state index contributed by atoms with van der Waals surface area (Å²) in [6.07, 6.45) is 3.72. The first kappa shape index (κ1) is 28.2. The zero-order valence-electron chi connectivity index (χ0n) is 27.7. The molecule has 0 N–H and O–H groups in total. The largest absolute Gasteiger partial charge is 0.252 e. The van der Waals surface area contributed by atoms with Crippen LogP contribution in [0.25, 0.3) is 77.4 Å². The minimum Gasteiger partial charge on any atom is -0.252 e. The molecular weight excluding hydrogens is 617 g/mol. The molecule has 0 amide bonds. The van der Waals surface area contributed by atoms with E-state index in [1.165, 1.54) is 77.2 Å². The molecule has 11 rings (SSSR count). The summed E-state index contributed by atoms with van der Waals surface area (Å²) in [7, 11) is 0. The number of hydrogen-bond donors (Lipinski definition) is 0. The molecule has 0 fully saturated rings. The Labute approximate surface area is 296 Å². The van der Waals surface area contributed by atoms with Crippen LogP contribution in [0.5, 0.6) is 0 Å². The molecule has 2 aliphatic carbocycles. The number of nitrogens with zero attached hydrogens (tertiary/aromatic N) is 2. The molecule has 1 aromatic heterocycles. The number of fused-ring (bicyclic) bond motifs is 14. The molecular formula is C49H30N2. The zero-order chi connectivity index (χ0) is 33.5. The molecule has 0 unspecified atom stereocenters. The Bertz CT molecular complexity index is 2790. The number of aromatic nitrogens is 2. The van der Waals surface area contributed by atoms with Crippen LogP contribution >= 0.6 is 0 Å². The predicted molar refractivity (Wildman–Crippen MR) is 210 cm³/mol. The first-order chi connectivity index (χ1) is 25.3. The highest BCUT2D eigenvalue weighted by molar-refractivity contribution is 6.09. The van der Waals surface area contributed by atoms with Gasteiger partial charge in [0.1, 0.15) is 0 Å². The Balaban J connectivity index is 1.07. The molecule has 1 heterocycles. The summed E-state index contributed by atoms with van der Waals surface area (Å²) in [5.41, 5.74) is 16.7. The first-order valence-corrected chi connectivity index (χ1v) is 17.6. The van der Waals surface area contributed by atoms with Crippen LogP contribution in [0.4, 0.5) is 0 Å². The van der Waals surface area contributed by atoms with Crippen LogP contribution in [0, 0.1) is 0 Å². The van der Waals surface area contributed by atoms with Crippen LogP contribution in [0.2, 0.25) is 0 Å². The van der Waals surface area contributed by atoms with Crippen LogP contribution < -0.4 is 0 Å². The number of benzene rings is 8. The van der Waals surface area contributed by atoms with Crippen molar-refractivity contribution < 1.29 is 0 Å². The smallest absolute Gasteiger partial charge is 0.0885 e. The van der Waals surface area contributed by atoms with Gasteiger partial charge < -0.3 is 0 Å². The minimum absolute atomic E-state index is 0.418. The van der Waals surface area contributed by atoms with E-state index >= 15 is 0 Å². The van der Waals surface area contributed by atoms with Gasteiger partial charge in [0.15, 0.2) is 0 Å². The standard InChI is InChI=1S/C49H30N2/c1-2-11-33(12-3-1)45-29-51-46(30-50-45)34-20-18-31(19-21-34)35-23-25-38-36(28-35)24-27-42-41-26-22-32-10-4-5-13-37(32)47(41)49(48(38)42)43-16-8-6-14-39(43)40-15-7-9-17-44(40)49/h1-30H. The van der Waals surface area contributed by atoms with Crippen molar-refractivity contribution in [3.63, 3.8) is 0 Å². The molecule has 0 bridgehead atoms. The molecule has 2 aliphatic rings. The summed E-state index contributed by atoms with van der Waals surface area (Å²) >= 11 is 0. The Kier molecular flexibility index (Phi) is 5.91. The Morgan fingerprint density at radius 3 is 1.51 bits per heavy atom. The normalized spacial score (nSPS) is 13.3. The summed E-state index contributed by atoms with van der Waals surface area (Å²) in [4.78, 5) is 9.44. The topological polar surface area (TPSA) is 25.8 Å². The van der Waals surface area contributed by atoms with Gasteiger partial charge in [-0.1, -0.05) is 164 Å². The van der Waals surface area contributed by atoms with Crippen LogP contribution in [0.3, 0.4) is 0 Å². The second-order valence-corrected chi connectivity index (χ2v) is 13.7. The molecule has 0 aliphatic heterocycles. The van der Waals surface area contributed by atoms with Crippen molar-refractivity contribution in [2.24, 2.45) is 0 Å². The predicted octanol–water partition coefficient (Wildman–Crippen LogP) is 12.1.